The van der Waals surface area contributed by atoms with E-state index in [1.54, 1.807) is 6.07 Å². The Labute approximate surface area is 192 Å². The van der Waals surface area contributed by atoms with Crippen LogP contribution in [0.15, 0.2) is 62.9 Å². The van der Waals surface area contributed by atoms with Gasteiger partial charge >= 0.3 is 6.09 Å². The van der Waals surface area contributed by atoms with Gasteiger partial charge in [0.2, 0.25) is 0 Å². The number of carbonyl (C=O) groups is 1. The summed E-state index contributed by atoms with van der Waals surface area (Å²) in [6.07, 6.45) is -0.828. The third-order valence-electron chi connectivity index (χ3n) is 4.64. The third-order valence-corrected chi connectivity index (χ3v) is 6.12. The lowest BCUT2D eigenvalue weighted by molar-refractivity contribution is 0.174. The van der Waals surface area contributed by atoms with Gasteiger partial charge in [0.05, 0.1) is 5.69 Å². The molecule has 3 rings (SSSR count). The highest BCUT2D eigenvalue weighted by atomic mass is 79.9. The number of carboxylic acid groups (broad SMARTS) is 1. The third kappa shape index (κ3) is 6.07. The summed E-state index contributed by atoms with van der Waals surface area (Å²) in [5.41, 5.74) is 0.182. The second kappa shape index (κ2) is 9.40. The molecular weight excluding hydrogens is 488 g/mol. The Morgan fingerprint density at radius 2 is 1.97 bits per heavy atom. The molecule has 164 valence electrons. The second-order valence-electron chi connectivity index (χ2n) is 8.11. The molecule has 1 heterocycles. The van der Waals surface area contributed by atoms with Crippen molar-refractivity contribution in [1.82, 2.24) is 15.1 Å². The molecule has 0 aliphatic heterocycles. The molecule has 0 spiro atoms. The number of nitrogens with one attached hydrogen (secondary N) is 1. The van der Waals surface area contributed by atoms with Gasteiger partial charge in [-0.1, -0.05) is 54.5 Å². The fourth-order valence-corrected chi connectivity index (χ4v) is 4.53. The Balaban J connectivity index is 2.04. The van der Waals surface area contributed by atoms with E-state index >= 15 is 0 Å². The number of nitrogens with zero attached hydrogens (tertiary/aromatic N) is 2. The predicted octanol–water partition coefficient (Wildman–Crippen LogP) is 6.29. The van der Waals surface area contributed by atoms with Crippen molar-refractivity contribution in [3.63, 3.8) is 0 Å². The summed E-state index contributed by atoms with van der Waals surface area (Å²) < 4.78 is 30.7. The number of halogens is 3. The number of hydrogen-bond acceptors (Lipinski definition) is 3. The molecule has 2 N–H and O–H groups in total. The molecule has 0 saturated carbocycles. The van der Waals surface area contributed by atoms with Gasteiger partial charge in [-0.25, -0.2) is 18.3 Å². The number of rotatable bonds is 6. The first-order chi connectivity index (χ1) is 14.5. The largest absolute Gasteiger partial charge is 0.465 e. The molecule has 2 aromatic carbocycles. The van der Waals surface area contributed by atoms with E-state index in [1.807, 2.05) is 45.0 Å². The number of amides is 1. The maximum Gasteiger partial charge on any atom is 0.404 e. The molecule has 1 unspecified atom stereocenters. The van der Waals surface area contributed by atoms with Crippen LogP contribution >= 0.6 is 27.7 Å². The second-order valence-corrected chi connectivity index (χ2v) is 10.1. The van der Waals surface area contributed by atoms with Crippen LogP contribution in [-0.4, -0.2) is 27.0 Å². The quantitative estimate of drug-likeness (QED) is 0.409. The van der Waals surface area contributed by atoms with Crippen LogP contribution in [-0.2, 0) is 6.42 Å². The van der Waals surface area contributed by atoms with Crippen molar-refractivity contribution in [1.29, 1.82) is 0 Å². The van der Waals surface area contributed by atoms with E-state index in [0.717, 1.165) is 27.6 Å². The van der Waals surface area contributed by atoms with Crippen LogP contribution in [0.25, 0.3) is 5.69 Å². The van der Waals surface area contributed by atoms with Gasteiger partial charge in [-0.05, 0) is 41.8 Å². The van der Waals surface area contributed by atoms with Crippen molar-refractivity contribution < 1.29 is 18.7 Å². The minimum Gasteiger partial charge on any atom is -0.465 e. The monoisotopic (exact) mass is 509 g/mol. The van der Waals surface area contributed by atoms with Crippen LogP contribution in [0, 0.1) is 17.0 Å². The predicted molar refractivity (Wildman–Crippen MR) is 120 cm³/mol. The molecule has 0 aliphatic rings. The molecule has 0 radical (unpaired) electrons. The van der Waals surface area contributed by atoms with Crippen molar-refractivity contribution in [2.24, 2.45) is 5.41 Å². The highest BCUT2D eigenvalue weighted by molar-refractivity contribution is 9.10. The van der Waals surface area contributed by atoms with Crippen molar-refractivity contribution in [2.45, 2.75) is 43.2 Å². The summed E-state index contributed by atoms with van der Waals surface area (Å²) in [4.78, 5) is 12.1. The molecule has 0 fully saturated rings. The first kappa shape index (κ1) is 23.3. The Morgan fingerprint density at radius 1 is 1.23 bits per heavy atom. The molecule has 1 atom stereocenters. The summed E-state index contributed by atoms with van der Waals surface area (Å²) >= 11 is 4.79. The molecule has 31 heavy (non-hydrogen) atoms. The van der Waals surface area contributed by atoms with Crippen LogP contribution in [0.3, 0.4) is 0 Å². The molecule has 0 aliphatic carbocycles. The molecule has 1 aromatic heterocycles. The molecule has 0 saturated heterocycles. The number of benzene rings is 2. The molecule has 1 amide bonds. The smallest absolute Gasteiger partial charge is 0.404 e. The van der Waals surface area contributed by atoms with Crippen LogP contribution in [0.2, 0.25) is 0 Å². The van der Waals surface area contributed by atoms with Gasteiger partial charge < -0.3 is 10.4 Å². The summed E-state index contributed by atoms with van der Waals surface area (Å²) in [6.45, 7) is 5.77. The summed E-state index contributed by atoms with van der Waals surface area (Å²) in [5, 5.41) is 16.8. The fourth-order valence-electron chi connectivity index (χ4n) is 2.99. The van der Waals surface area contributed by atoms with E-state index in [0.29, 0.717) is 17.1 Å². The van der Waals surface area contributed by atoms with Gasteiger partial charge in [-0.15, -0.1) is 0 Å². The summed E-state index contributed by atoms with van der Waals surface area (Å²) in [7, 11) is 0. The molecule has 9 heteroatoms. The zero-order valence-electron chi connectivity index (χ0n) is 17.2. The maximum atomic E-state index is 14.5. The van der Waals surface area contributed by atoms with Gasteiger partial charge in [-0.3, -0.25) is 0 Å². The van der Waals surface area contributed by atoms with Gasteiger partial charge in [0.1, 0.15) is 22.3 Å². The van der Waals surface area contributed by atoms with E-state index in [2.05, 4.69) is 26.3 Å². The lowest BCUT2D eigenvalue weighted by Gasteiger charge is -2.29. The van der Waals surface area contributed by atoms with Crippen LogP contribution < -0.4 is 5.32 Å². The zero-order valence-corrected chi connectivity index (χ0v) is 19.6. The standard InChI is InChI=1S/C22H22BrF2N3O2S/c1-22(2,3)19(26-21(29)30)11-15-12-20(31-16-6-4-5-13(23)9-16)28(27-15)18-10-14(24)7-8-17(18)25/h4-10,12,19,26H,11H2,1-3H3,(H,29,30). The Bertz CT molecular complexity index is 1100. The Morgan fingerprint density at radius 3 is 2.61 bits per heavy atom. The lowest BCUT2D eigenvalue weighted by Crippen LogP contribution is -2.44. The zero-order chi connectivity index (χ0) is 22.8. The van der Waals surface area contributed by atoms with Gasteiger partial charge in [-0.2, -0.15) is 5.10 Å². The first-order valence-electron chi connectivity index (χ1n) is 9.50. The molecule has 5 nitrogen and oxygen atoms in total. The van der Waals surface area contributed by atoms with Crippen molar-refractivity contribution in [3.8, 4) is 5.69 Å². The van der Waals surface area contributed by atoms with Gasteiger partial charge in [0.15, 0.2) is 0 Å². The highest BCUT2D eigenvalue weighted by Gasteiger charge is 2.28. The van der Waals surface area contributed by atoms with E-state index in [4.69, 9.17) is 0 Å². The molecule has 3 aromatic rings. The Hall–Kier alpha value is -2.39. The van der Waals surface area contributed by atoms with E-state index in [1.165, 1.54) is 16.4 Å². The van der Waals surface area contributed by atoms with Crippen LogP contribution in [0.4, 0.5) is 13.6 Å². The van der Waals surface area contributed by atoms with Crippen LogP contribution in [0.5, 0.6) is 0 Å². The molecular formula is C22H22BrF2N3O2S. The summed E-state index contributed by atoms with van der Waals surface area (Å²) in [6, 6.07) is 12.1. The molecule has 0 bridgehead atoms. The minimum atomic E-state index is -1.13. The fraction of sp³-hybridized carbons (Fsp3) is 0.273. The topological polar surface area (TPSA) is 67.2 Å². The average Bonchev–Trinajstić information content (AvgIpc) is 3.04. The summed E-state index contributed by atoms with van der Waals surface area (Å²) in [5.74, 6) is -1.19. The lowest BCUT2D eigenvalue weighted by atomic mass is 9.84. The van der Waals surface area contributed by atoms with E-state index in [-0.39, 0.29) is 11.1 Å². The SMILES string of the molecule is CC(C)(C)C(Cc1cc(Sc2cccc(Br)c2)n(-c2cc(F)ccc2F)n1)NC(=O)O. The maximum absolute atomic E-state index is 14.5. The number of hydrogen-bond donors (Lipinski definition) is 2. The van der Waals surface area contributed by atoms with Gasteiger partial charge in [0.25, 0.3) is 0 Å². The van der Waals surface area contributed by atoms with E-state index in [9.17, 15) is 18.7 Å². The first-order valence-corrected chi connectivity index (χ1v) is 11.1. The van der Waals surface area contributed by atoms with Crippen LogP contribution in [0.1, 0.15) is 26.5 Å². The normalized spacial score (nSPS) is 12.6. The minimum absolute atomic E-state index is 0.0118. The Kier molecular flexibility index (Phi) is 7.06. The number of aromatic nitrogens is 2. The van der Waals surface area contributed by atoms with Crippen molar-refractivity contribution in [2.75, 3.05) is 0 Å². The van der Waals surface area contributed by atoms with Gasteiger partial charge in [0, 0.05) is 27.9 Å². The van der Waals surface area contributed by atoms with Crippen molar-refractivity contribution in [3.05, 3.63) is 70.3 Å². The van der Waals surface area contributed by atoms with E-state index < -0.39 is 23.8 Å². The van der Waals surface area contributed by atoms with Crippen molar-refractivity contribution >= 4 is 33.8 Å². The highest BCUT2D eigenvalue weighted by Crippen LogP contribution is 2.33. The average molecular weight is 510 g/mol.